The highest BCUT2D eigenvalue weighted by molar-refractivity contribution is 5.16. The highest BCUT2D eigenvalue weighted by atomic mass is 16.3. The average Bonchev–Trinajstić information content (AvgIpc) is 2.49. The first kappa shape index (κ1) is 15.7. The molecule has 0 radical (unpaired) electrons. The maximum Gasteiger partial charge on any atom is 0.0583 e. The molecule has 3 N–H and O–H groups in total. The van der Waals surface area contributed by atoms with Crippen molar-refractivity contribution >= 4 is 0 Å². The van der Waals surface area contributed by atoms with Crippen LogP contribution in [0, 0.1) is 5.92 Å². The Bertz CT molecular complexity index is 512. The second-order valence-electron chi connectivity index (χ2n) is 5.92. The summed E-state index contributed by atoms with van der Waals surface area (Å²) in [5.41, 5.74) is 8.67. The van der Waals surface area contributed by atoms with Crippen molar-refractivity contribution in [3.05, 3.63) is 71.8 Å². The maximum atomic E-state index is 10.3. The van der Waals surface area contributed by atoms with Gasteiger partial charge < -0.3 is 10.8 Å². The summed E-state index contributed by atoms with van der Waals surface area (Å²) >= 11 is 0. The summed E-state index contributed by atoms with van der Waals surface area (Å²) in [5.74, 6) is 0.217. The lowest BCUT2D eigenvalue weighted by Crippen LogP contribution is -2.32. The van der Waals surface area contributed by atoms with Crippen molar-refractivity contribution < 1.29 is 5.11 Å². The summed E-state index contributed by atoms with van der Waals surface area (Å²) in [6.07, 6.45) is 1.99. The molecule has 0 bridgehead atoms. The molecule has 2 heteroatoms. The standard InChI is InChI=1S/C19H25NO/c1-15(12-16-8-4-2-5-9-16)19(21)14-18(20)13-17-10-6-3-7-11-17/h2-11,15,18-19,21H,12-14,20H2,1H3/t15-,18-,19-/m0/s1. The van der Waals surface area contributed by atoms with Crippen LogP contribution >= 0.6 is 0 Å². The van der Waals surface area contributed by atoms with Gasteiger partial charge >= 0.3 is 0 Å². The molecular formula is C19H25NO. The van der Waals surface area contributed by atoms with Crippen LogP contribution in [0.2, 0.25) is 0 Å². The molecule has 2 aromatic carbocycles. The SMILES string of the molecule is C[C@@H](Cc1ccccc1)[C@@H](O)C[C@@H](N)Cc1ccccc1. The second kappa shape index (κ2) is 7.96. The van der Waals surface area contributed by atoms with Gasteiger partial charge in [-0.15, -0.1) is 0 Å². The van der Waals surface area contributed by atoms with Gasteiger partial charge in [0.15, 0.2) is 0 Å². The van der Waals surface area contributed by atoms with Crippen LogP contribution in [-0.2, 0) is 12.8 Å². The highest BCUT2D eigenvalue weighted by Gasteiger charge is 2.18. The lowest BCUT2D eigenvalue weighted by molar-refractivity contribution is 0.100. The number of hydrogen-bond acceptors (Lipinski definition) is 2. The topological polar surface area (TPSA) is 46.2 Å². The van der Waals surface area contributed by atoms with Crippen LogP contribution in [0.25, 0.3) is 0 Å². The Balaban J connectivity index is 1.81. The van der Waals surface area contributed by atoms with Gasteiger partial charge in [0.2, 0.25) is 0 Å². The van der Waals surface area contributed by atoms with Gasteiger partial charge in [0.1, 0.15) is 0 Å². The van der Waals surface area contributed by atoms with Crippen LogP contribution in [0.5, 0.6) is 0 Å². The summed E-state index contributed by atoms with van der Waals surface area (Å²) in [4.78, 5) is 0. The van der Waals surface area contributed by atoms with Gasteiger partial charge in [0.05, 0.1) is 6.10 Å². The van der Waals surface area contributed by atoms with Crippen LogP contribution < -0.4 is 5.73 Å². The van der Waals surface area contributed by atoms with E-state index < -0.39 is 0 Å². The van der Waals surface area contributed by atoms with Crippen molar-refractivity contribution in [2.24, 2.45) is 11.7 Å². The Hall–Kier alpha value is -1.64. The number of hydrogen-bond donors (Lipinski definition) is 2. The molecule has 2 aromatic rings. The van der Waals surface area contributed by atoms with E-state index >= 15 is 0 Å². The van der Waals surface area contributed by atoms with Gasteiger partial charge in [0, 0.05) is 6.04 Å². The predicted molar refractivity (Wildman–Crippen MR) is 88.1 cm³/mol. The minimum absolute atomic E-state index is 0.000577. The number of nitrogens with two attached hydrogens (primary N) is 1. The van der Waals surface area contributed by atoms with E-state index in [1.165, 1.54) is 11.1 Å². The smallest absolute Gasteiger partial charge is 0.0583 e. The van der Waals surface area contributed by atoms with E-state index in [1.807, 2.05) is 36.4 Å². The molecule has 2 nitrogen and oxygen atoms in total. The van der Waals surface area contributed by atoms with Crippen molar-refractivity contribution in [2.45, 2.75) is 38.3 Å². The van der Waals surface area contributed by atoms with Gasteiger partial charge in [-0.3, -0.25) is 0 Å². The lowest BCUT2D eigenvalue weighted by atomic mass is 9.90. The molecule has 0 saturated heterocycles. The van der Waals surface area contributed by atoms with E-state index in [-0.39, 0.29) is 18.1 Å². The molecule has 112 valence electrons. The first-order valence-corrected chi connectivity index (χ1v) is 7.66. The fourth-order valence-corrected chi connectivity index (χ4v) is 2.66. The first-order chi connectivity index (χ1) is 10.1. The van der Waals surface area contributed by atoms with Gasteiger partial charge in [0.25, 0.3) is 0 Å². The quantitative estimate of drug-likeness (QED) is 0.820. The molecule has 0 fully saturated rings. The molecular weight excluding hydrogens is 258 g/mol. The summed E-state index contributed by atoms with van der Waals surface area (Å²) in [6.45, 7) is 2.09. The molecule has 0 heterocycles. The minimum atomic E-state index is -0.357. The molecule has 0 unspecified atom stereocenters. The molecule has 3 atom stereocenters. The summed E-state index contributed by atoms with van der Waals surface area (Å²) in [5, 5.41) is 10.3. The van der Waals surface area contributed by atoms with E-state index in [0.717, 1.165) is 12.8 Å². The zero-order chi connectivity index (χ0) is 15.1. The Labute approximate surface area is 127 Å². The molecule has 0 aliphatic carbocycles. The number of aliphatic hydroxyl groups excluding tert-OH is 1. The van der Waals surface area contributed by atoms with E-state index in [2.05, 4.69) is 31.2 Å². The molecule has 0 aliphatic rings. The number of benzene rings is 2. The molecule has 0 saturated carbocycles. The van der Waals surface area contributed by atoms with Crippen molar-refractivity contribution in [3.8, 4) is 0 Å². The van der Waals surface area contributed by atoms with Crippen LogP contribution in [0.1, 0.15) is 24.5 Å². The van der Waals surface area contributed by atoms with Gasteiger partial charge in [-0.05, 0) is 36.3 Å². The third-order valence-electron chi connectivity index (χ3n) is 3.94. The molecule has 0 amide bonds. The van der Waals surface area contributed by atoms with Crippen LogP contribution in [0.4, 0.5) is 0 Å². The zero-order valence-electron chi connectivity index (χ0n) is 12.7. The van der Waals surface area contributed by atoms with Crippen LogP contribution in [0.15, 0.2) is 60.7 Å². The number of rotatable bonds is 7. The molecule has 0 aliphatic heterocycles. The monoisotopic (exact) mass is 283 g/mol. The van der Waals surface area contributed by atoms with E-state index in [4.69, 9.17) is 5.73 Å². The Morgan fingerprint density at radius 2 is 1.33 bits per heavy atom. The van der Waals surface area contributed by atoms with Gasteiger partial charge in [-0.25, -0.2) is 0 Å². The lowest BCUT2D eigenvalue weighted by Gasteiger charge is -2.22. The molecule has 0 aromatic heterocycles. The fourth-order valence-electron chi connectivity index (χ4n) is 2.66. The molecule has 21 heavy (non-hydrogen) atoms. The Morgan fingerprint density at radius 1 is 0.857 bits per heavy atom. The third kappa shape index (κ3) is 5.33. The first-order valence-electron chi connectivity index (χ1n) is 7.66. The molecule has 2 rings (SSSR count). The van der Waals surface area contributed by atoms with Gasteiger partial charge in [-0.1, -0.05) is 67.6 Å². The Morgan fingerprint density at radius 3 is 1.86 bits per heavy atom. The number of aliphatic hydroxyl groups is 1. The summed E-state index contributed by atoms with van der Waals surface area (Å²) in [7, 11) is 0. The summed E-state index contributed by atoms with van der Waals surface area (Å²) in [6, 6.07) is 20.5. The zero-order valence-corrected chi connectivity index (χ0v) is 12.7. The average molecular weight is 283 g/mol. The van der Waals surface area contributed by atoms with Crippen LogP contribution in [0.3, 0.4) is 0 Å². The fraction of sp³-hybridized carbons (Fsp3) is 0.368. The molecule has 0 spiro atoms. The van der Waals surface area contributed by atoms with Crippen molar-refractivity contribution in [1.82, 2.24) is 0 Å². The second-order valence-corrected chi connectivity index (χ2v) is 5.92. The normalized spacial score (nSPS) is 15.4. The van der Waals surface area contributed by atoms with Crippen molar-refractivity contribution in [3.63, 3.8) is 0 Å². The third-order valence-corrected chi connectivity index (χ3v) is 3.94. The highest BCUT2D eigenvalue weighted by Crippen LogP contribution is 2.16. The summed E-state index contributed by atoms with van der Waals surface area (Å²) < 4.78 is 0. The largest absolute Gasteiger partial charge is 0.393 e. The Kier molecular flexibility index (Phi) is 5.97. The van der Waals surface area contributed by atoms with E-state index in [0.29, 0.717) is 6.42 Å². The van der Waals surface area contributed by atoms with E-state index in [9.17, 15) is 5.11 Å². The maximum absolute atomic E-state index is 10.3. The predicted octanol–water partition coefficient (Wildman–Crippen LogP) is 3.19. The van der Waals surface area contributed by atoms with Crippen LogP contribution in [-0.4, -0.2) is 17.3 Å². The minimum Gasteiger partial charge on any atom is -0.393 e. The van der Waals surface area contributed by atoms with Crippen molar-refractivity contribution in [2.75, 3.05) is 0 Å². The van der Waals surface area contributed by atoms with Gasteiger partial charge in [-0.2, -0.15) is 0 Å². The van der Waals surface area contributed by atoms with E-state index in [1.54, 1.807) is 0 Å². The van der Waals surface area contributed by atoms with Crippen molar-refractivity contribution in [1.29, 1.82) is 0 Å².